The molecule has 0 saturated heterocycles. The van der Waals surface area contributed by atoms with E-state index in [-0.39, 0.29) is 5.02 Å². The number of hydrogen-bond donors (Lipinski definition) is 1. The van der Waals surface area contributed by atoms with E-state index in [4.69, 9.17) is 11.6 Å². The van der Waals surface area contributed by atoms with Gasteiger partial charge < -0.3 is 5.32 Å². The topological polar surface area (TPSA) is 29.9 Å². The van der Waals surface area contributed by atoms with Gasteiger partial charge >= 0.3 is 0 Å². The van der Waals surface area contributed by atoms with Crippen molar-refractivity contribution in [1.82, 2.24) is 15.1 Å². The minimum atomic E-state index is -2.49. The number of hydrogen-bond acceptors (Lipinski definition) is 2. The van der Waals surface area contributed by atoms with Crippen LogP contribution in [0.15, 0.2) is 6.20 Å². The Morgan fingerprint density at radius 1 is 1.50 bits per heavy atom. The molecule has 0 radical (unpaired) electrons. The molecule has 0 spiro atoms. The summed E-state index contributed by atoms with van der Waals surface area (Å²) < 4.78 is 27.3. The lowest BCUT2D eigenvalue weighted by molar-refractivity contribution is 0.0943. The SMILES string of the molecule is CCCNC(c1c(Cl)cnn1CC)C(F)F. The summed E-state index contributed by atoms with van der Waals surface area (Å²) in [6.45, 7) is 4.82. The van der Waals surface area contributed by atoms with E-state index >= 15 is 0 Å². The van der Waals surface area contributed by atoms with Crippen molar-refractivity contribution < 1.29 is 8.78 Å². The molecule has 0 aromatic carbocycles. The Morgan fingerprint density at radius 3 is 2.69 bits per heavy atom. The summed E-state index contributed by atoms with van der Waals surface area (Å²) in [5.41, 5.74) is 0.368. The number of aromatic nitrogens is 2. The first-order valence-electron chi connectivity index (χ1n) is 5.34. The first-order valence-corrected chi connectivity index (χ1v) is 5.72. The smallest absolute Gasteiger partial charge is 0.259 e. The molecule has 0 aliphatic rings. The molecular formula is C10H16ClF2N3. The molecule has 1 unspecified atom stereocenters. The molecule has 3 nitrogen and oxygen atoms in total. The monoisotopic (exact) mass is 251 g/mol. The standard InChI is InChI=1S/C10H16ClF2N3/c1-3-5-14-8(10(12)13)9-7(11)6-15-16(9)4-2/h6,8,10,14H,3-5H2,1-2H3. The summed E-state index contributed by atoms with van der Waals surface area (Å²) in [5, 5.41) is 7.04. The Morgan fingerprint density at radius 2 is 2.19 bits per heavy atom. The van der Waals surface area contributed by atoms with Gasteiger partial charge in [-0.15, -0.1) is 0 Å². The van der Waals surface area contributed by atoms with Crippen LogP contribution in [0.3, 0.4) is 0 Å². The van der Waals surface area contributed by atoms with Gasteiger partial charge in [0.2, 0.25) is 0 Å². The van der Waals surface area contributed by atoms with E-state index < -0.39 is 12.5 Å². The Labute approximate surface area is 98.8 Å². The van der Waals surface area contributed by atoms with Gasteiger partial charge in [0.25, 0.3) is 6.43 Å². The van der Waals surface area contributed by atoms with Crippen LogP contribution in [-0.2, 0) is 6.54 Å². The fourth-order valence-corrected chi connectivity index (χ4v) is 1.80. The number of rotatable bonds is 6. The molecular weight excluding hydrogens is 236 g/mol. The number of halogens is 3. The van der Waals surface area contributed by atoms with Gasteiger partial charge in [-0.1, -0.05) is 18.5 Å². The number of nitrogens with one attached hydrogen (secondary N) is 1. The molecule has 1 atom stereocenters. The highest BCUT2D eigenvalue weighted by atomic mass is 35.5. The third kappa shape index (κ3) is 2.92. The molecule has 1 rings (SSSR count). The second-order valence-electron chi connectivity index (χ2n) is 3.46. The number of aryl methyl sites for hydroxylation is 1. The van der Waals surface area contributed by atoms with Crippen LogP contribution in [0.1, 0.15) is 32.0 Å². The molecule has 1 aromatic heterocycles. The van der Waals surface area contributed by atoms with Crippen molar-refractivity contribution in [2.24, 2.45) is 0 Å². The van der Waals surface area contributed by atoms with E-state index in [1.807, 2.05) is 13.8 Å². The maximum absolute atomic E-state index is 12.9. The van der Waals surface area contributed by atoms with Crippen molar-refractivity contribution in [1.29, 1.82) is 0 Å². The third-order valence-electron chi connectivity index (χ3n) is 2.29. The Hall–Kier alpha value is -0.680. The predicted octanol–water partition coefficient (Wildman–Crippen LogP) is 2.86. The molecule has 0 aliphatic carbocycles. The van der Waals surface area contributed by atoms with Crippen molar-refractivity contribution in [2.45, 2.75) is 39.3 Å². The van der Waals surface area contributed by atoms with Crippen molar-refractivity contribution in [3.05, 3.63) is 16.9 Å². The molecule has 6 heteroatoms. The molecule has 1 N–H and O–H groups in total. The summed E-state index contributed by atoms with van der Waals surface area (Å²) in [7, 11) is 0. The lowest BCUT2D eigenvalue weighted by Crippen LogP contribution is -2.30. The van der Waals surface area contributed by atoms with Crippen molar-refractivity contribution >= 4 is 11.6 Å². The van der Waals surface area contributed by atoms with Gasteiger partial charge in [-0.3, -0.25) is 4.68 Å². The van der Waals surface area contributed by atoms with E-state index in [0.717, 1.165) is 6.42 Å². The Bertz CT molecular complexity index is 328. The van der Waals surface area contributed by atoms with E-state index in [1.54, 1.807) is 0 Å². The Kier molecular flexibility index (Phi) is 5.15. The van der Waals surface area contributed by atoms with Gasteiger partial charge in [0.05, 0.1) is 16.9 Å². The summed E-state index contributed by atoms with van der Waals surface area (Å²) in [5.74, 6) is 0. The second-order valence-corrected chi connectivity index (χ2v) is 3.87. The molecule has 0 fully saturated rings. The van der Waals surface area contributed by atoms with Gasteiger partial charge in [-0.05, 0) is 19.9 Å². The van der Waals surface area contributed by atoms with Crippen LogP contribution in [0.25, 0.3) is 0 Å². The third-order valence-corrected chi connectivity index (χ3v) is 2.58. The van der Waals surface area contributed by atoms with Crippen molar-refractivity contribution in [3.63, 3.8) is 0 Å². The highest BCUT2D eigenvalue weighted by molar-refractivity contribution is 6.31. The van der Waals surface area contributed by atoms with E-state index in [2.05, 4.69) is 10.4 Å². The maximum atomic E-state index is 12.9. The average molecular weight is 252 g/mol. The van der Waals surface area contributed by atoms with Crippen LogP contribution in [0, 0.1) is 0 Å². The van der Waals surface area contributed by atoms with Gasteiger partial charge in [0.15, 0.2) is 0 Å². The molecule has 1 aromatic rings. The summed E-state index contributed by atoms with van der Waals surface area (Å²) in [4.78, 5) is 0. The molecule has 0 amide bonds. The van der Waals surface area contributed by atoms with E-state index in [1.165, 1.54) is 10.9 Å². The quantitative estimate of drug-likeness (QED) is 0.843. The fourth-order valence-electron chi connectivity index (χ4n) is 1.54. The maximum Gasteiger partial charge on any atom is 0.259 e. The number of nitrogens with zero attached hydrogens (tertiary/aromatic N) is 2. The first kappa shape index (κ1) is 13.4. The molecule has 0 saturated carbocycles. The lowest BCUT2D eigenvalue weighted by Gasteiger charge is -2.19. The van der Waals surface area contributed by atoms with Gasteiger partial charge in [0.1, 0.15) is 6.04 Å². The molecule has 1 heterocycles. The van der Waals surface area contributed by atoms with Crippen LogP contribution >= 0.6 is 11.6 Å². The van der Waals surface area contributed by atoms with Crippen LogP contribution < -0.4 is 5.32 Å². The van der Waals surface area contributed by atoms with E-state index in [9.17, 15) is 8.78 Å². The summed E-state index contributed by atoms with van der Waals surface area (Å²) in [6.07, 6.45) is -0.295. The first-order chi connectivity index (χ1) is 7.61. The minimum absolute atomic E-state index is 0.288. The zero-order valence-corrected chi connectivity index (χ0v) is 10.1. The molecule has 0 aliphatic heterocycles. The zero-order valence-electron chi connectivity index (χ0n) is 9.38. The Balaban J connectivity index is 2.95. The van der Waals surface area contributed by atoms with Gasteiger partial charge in [0, 0.05) is 6.54 Å². The highest BCUT2D eigenvalue weighted by Crippen LogP contribution is 2.27. The largest absolute Gasteiger partial charge is 0.304 e. The highest BCUT2D eigenvalue weighted by Gasteiger charge is 2.27. The normalized spacial score (nSPS) is 13.4. The van der Waals surface area contributed by atoms with Crippen LogP contribution in [0.2, 0.25) is 5.02 Å². The van der Waals surface area contributed by atoms with Crippen molar-refractivity contribution in [2.75, 3.05) is 6.54 Å². The van der Waals surface area contributed by atoms with Crippen LogP contribution in [0.4, 0.5) is 8.78 Å². The van der Waals surface area contributed by atoms with Gasteiger partial charge in [-0.25, -0.2) is 8.78 Å². The summed E-state index contributed by atoms with van der Waals surface area (Å²) >= 11 is 5.88. The molecule has 0 bridgehead atoms. The van der Waals surface area contributed by atoms with Crippen LogP contribution in [-0.4, -0.2) is 22.8 Å². The fraction of sp³-hybridized carbons (Fsp3) is 0.700. The number of alkyl halides is 2. The van der Waals surface area contributed by atoms with Crippen molar-refractivity contribution in [3.8, 4) is 0 Å². The van der Waals surface area contributed by atoms with Gasteiger partial charge in [-0.2, -0.15) is 5.10 Å². The molecule has 16 heavy (non-hydrogen) atoms. The average Bonchev–Trinajstić information content (AvgIpc) is 2.61. The van der Waals surface area contributed by atoms with Crippen LogP contribution in [0.5, 0.6) is 0 Å². The van der Waals surface area contributed by atoms with E-state index in [0.29, 0.717) is 18.8 Å². The predicted molar refractivity (Wildman–Crippen MR) is 59.9 cm³/mol. The minimum Gasteiger partial charge on any atom is -0.304 e. The lowest BCUT2D eigenvalue weighted by atomic mass is 10.2. The second kappa shape index (κ2) is 6.15. The zero-order chi connectivity index (χ0) is 12.1. The summed E-state index contributed by atoms with van der Waals surface area (Å²) in [6, 6.07) is -1.05. The molecule has 92 valence electrons.